The molecule has 0 N–H and O–H groups in total. The van der Waals surface area contributed by atoms with Gasteiger partial charge in [-0.25, -0.2) is 4.39 Å². The SMILES string of the molecule is COC1CCN(c2cc(F)cc([N+](=O)[O-])c2)C1. The Balaban J connectivity index is 2.24. The molecular formula is C11H13FN2O3. The minimum Gasteiger partial charge on any atom is -0.380 e. The Morgan fingerprint density at radius 2 is 2.29 bits per heavy atom. The molecule has 1 heterocycles. The summed E-state index contributed by atoms with van der Waals surface area (Å²) >= 11 is 0. The van der Waals surface area contributed by atoms with E-state index in [1.54, 1.807) is 7.11 Å². The van der Waals surface area contributed by atoms with Crippen molar-refractivity contribution < 1.29 is 14.1 Å². The largest absolute Gasteiger partial charge is 0.380 e. The molecule has 17 heavy (non-hydrogen) atoms. The number of nitrogens with zero attached hydrogens (tertiary/aromatic N) is 2. The van der Waals surface area contributed by atoms with Crippen LogP contribution in [-0.4, -0.2) is 31.2 Å². The van der Waals surface area contributed by atoms with Crippen LogP contribution in [0.2, 0.25) is 0 Å². The van der Waals surface area contributed by atoms with Crippen LogP contribution in [0.1, 0.15) is 6.42 Å². The number of anilines is 1. The zero-order chi connectivity index (χ0) is 12.4. The molecule has 6 heteroatoms. The first kappa shape index (κ1) is 11.8. The van der Waals surface area contributed by atoms with E-state index < -0.39 is 10.7 Å². The third-order valence-corrected chi connectivity index (χ3v) is 2.92. The molecule has 1 atom stereocenters. The summed E-state index contributed by atoms with van der Waals surface area (Å²) in [5.41, 5.74) is 0.317. The Morgan fingerprint density at radius 1 is 1.53 bits per heavy atom. The molecule has 1 aliphatic heterocycles. The molecule has 0 aliphatic carbocycles. The molecule has 1 aromatic rings. The van der Waals surface area contributed by atoms with Gasteiger partial charge in [-0.2, -0.15) is 0 Å². The van der Waals surface area contributed by atoms with Gasteiger partial charge in [-0.1, -0.05) is 0 Å². The van der Waals surface area contributed by atoms with Crippen LogP contribution in [-0.2, 0) is 4.74 Å². The maximum atomic E-state index is 13.3. The summed E-state index contributed by atoms with van der Waals surface area (Å²) < 4.78 is 18.5. The van der Waals surface area contributed by atoms with Gasteiger partial charge in [0.05, 0.1) is 17.1 Å². The van der Waals surface area contributed by atoms with Crippen LogP contribution in [0.25, 0.3) is 0 Å². The highest BCUT2D eigenvalue weighted by molar-refractivity contribution is 5.54. The van der Waals surface area contributed by atoms with Crippen molar-refractivity contribution in [2.24, 2.45) is 0 Å². The molecular weight excluding hydrogens is 227 g/mol. The van der Waals surface area contributed by atoms with Crippen molar-refractivity contribution in [2.45, 2.75) is 12.5 Å². The van der Waals surface area contributed by atoms with Crippen molar-refractivity contribution in [3.05, 3.63) is 34.1 Å². The lowest BCUT2D eigenvalue weighted by Gasteiger charge is -2.18. The Bertz CT molecular complexity index is 439. The van der Waals surface area contributed by atoms with E-state index in [-0.39, 0.29) is 11.8 Å². The second kappa shape index (κ2) is 4.67. The summed E-state index contributed by atoms with van der Waals surface area (Å²) in [6.07, 6.45) is 0.957. The fourth-order valence-electron chi connectivity index (χ4n) is 2.00. The number of non-ortho nitro benzene ring substituents is 1. The van der Waals surface area contributed by atoms with Crippen LogP contribution in [0.5, 0.6) is 0 Å². The minimum atomic E-state index is -0.588. The van der Waals surface area contributed by atoms with Gasteiger partial charge in [0, 0.05) is 32.0 Å². The maximum absolute atomic E-state index is 13.3. The number of halogens is 1. The zero-order valence-electron chi connectivity index (χ0n) is 9.43. The van der Waals surface area contributed by atoms with Gasteiger partial charge in [0.1, 0.15) is 5.82 Å². The van der Waals surface area contributed by atoms with Crippen molar-refractivity contribution in [1.29, 1.82) is 0 Å². The number of hydrogen-bond donors (Lipinski definition) is 0. The second-order valence-corrected chi connectivity index (χ2v) is 4.02. The molecule has 1 unspecified atom stereocenters. The molecule has 0 amide bonds. The average molecular weight is 240 g/mol. The molecule has 0 radical (unpaired) electrons. The highest BCUT2D eigenvalue weighted by Crippen LogP contribution is 2.26. The highest BCUT2D eigenvalue weighted by Gasteiger charge is 2.24. The number of rotatable bonds is 3. The van der Waals surface area contributed by atoms with Gasteiger partial charge in [0.25, 0.3) is 5.69 Å². The molecule has 0 aromatic heterocycles. The van der Waals surface area contributed by atoms with Crippen molar-refractivity contribution >= 4 is 11.4 Å². The fraction of sp³-hybridized carbons (Fsp3) is 0.455. The van der Waals surface area contributed by atoms with Crippen LogP contribution >= 0.6 is 0 Å². The molecule has 1 aliphatic rings. The molecule has 2 rings (SSSR count). The summed E-state index contributed by atoms with van der Waals surface area (Å²) in [5, 5.41) is 10.6. The van der Waals surface area contributed by atoms with Crippen LogP contribution in [0.4, 0.5) is 15.8 Å². The Labute approximate surface area is 97.9 Å². The van der Waals surface area contributed by atoms with E-state index >= 15 is 0 Å². The summed E-state index contributed by atoms with van der Waals surface area (Å²) in [6.45, 7) is 1.36. The summed E-state index contributed by atoms with van der Waals surface area (Å²) in [4.78, 5) is 11.9. The second-order valence-electron chi connectivity index (χ2n) is 4.02. The first-order valence-corrected chi connectivity index (χ1v) is 5.33. The van der Waals surface area contributed by atoms with E-state index in [1.807, 2.05) is 4.90 Å². The number of nitro benzene ring substituents is 1. The number of ether oxygens (including phenoxy) is 1. The van der Waals surface area contributed by atoms with Crippen molar-refractivity contribution in [1.82, 2.24) is 0 Å². The lowest BCUT2D eigenvalue weighted by Crippen LogP contribution is -2.22. The summed E-state index contributed by atoms with van der Waals surface area (Å²) in [7, 11) is 1.63. The quantitative estimate of drug-likeness (QED) is 0.598. The topological polar surface area (TPSA) is 55.6 Å². The average Bonchev–Trinajstić information content (AvgIpc) is 2.76. The summed E-state index contributed by atoms with van der Waals surface area (Å²) in [5.74, 6) is -0.588. The molecule has 92 valence electrons. The van der Waals surface area contributed by atoms with E-state index in [4.69, 9.17) is 4.74 Å². The third-order valence-electron chi connectivity index (χ3n) is 2.92. The zero-order valence-corrected chi connectivity index (χ0v) is 9.43. The summed E-state index contributed by atoms with van der Waals surface area (Å²) in [6, 6.07) is 3.62. The Hall–Kier alpha value is -1.69. The molecule has 1 fully saturated rings. The van der Waals surface area contributed by atoms with Gasteiger partial charge in [0.15, 0.2) is 0 Å². The molecule has 0 saturated carbocycles. The van der Waals surface area contributed by atoms with Crippen molar-refractivity contribution in [3.63, 3.8) is 0 Å². The highest BCUT2D eigenvalue weighted by atomic mass is 19.1. The lowest BCUT2D eigenvalue weighted by molar-refractivity contribution is -0.385. The predicted molar refractivity (Wildman–Crippen MR) is 60.7 cm³/mol. The van der Waals surface area contributed by atoms with E-state index in [0.29, 0.717) is 12.2 Å². The molecule has 5 nitrogen and oxygen atoms in total. The van der Waals surface area contributed by atoms with E-state index in [2.05, 4.69) is 0 Å². The first-order valence-electron chi connectivity index (χ1n) is 5.33. The van der Waals surface area contributed by atoms with Crippen LogP contribution < -0.4 is 4.90 Å². The lowest BCUT2D eigenvalue weighted by atomic mass is 10.2. The molecule has 1 aromatic carbocycles. The van der Waals surface area contributed by atoms with E-state index in [0.717, 1.165) is 19.0 Å². The number of benzene rings is 1. The standard InChI is InChI=1S/C11H13FN2O3/c1-17-11-2-3-13(7-11)9-4-8(12)5-10(6-9)14(15)16/h4-6,11H,2-3,7H2,1H3. The number of methoxy groups -OCH3 is 1. The minimum absolute atomic E-state index is 0.109. The molecule has 0 bridgehead atoms. The van der Waals surface area contributed by atoms with Gasteiger partial charge in [-0.05, 0) is 12.5 Å². The van der Waals surface area contributed by atoms with Crippen LogP contribution in [0.15, 0.2) is 18.2 Å². The molecule has 1 saturated heterocycles. The van der Waals surface area contributed by atoms with Crippen molar-refractivity contribution in [2.75, 3.05) is 25.1 Å². The molecule has 0 spiro atoms. The van der Waals surface area contributed by atoms with Gasteiger partial charge < -0.3 is 9.64 Å². The van der Waals surface area contributed by atoms with Gasteiger partial charge >= 0.3 is 0 Å². The van der Waals surface area contributed by atoms with Gasteiger partial charge in [0.2, 0.25) is 0 Å². The smallest absolute Gasteiger partial charge is 0.274 e. The van der Waals surface area contributed by atoms with E-state index in [9.17, 15) is 14.5 Å². The first-order chi connectivity index (χ1) is 8.10. The van der Waals surface area contributed by atoms with Crippen molar-refractivity contribution in [3.8, 4) is 0 Å². The number of nitro groups is 1. The van der Waals surface area contributed by atoms with E-state index in [1.165, 1.54) is 12.1 Å². The van der Waals surface area contributed by atoms with Gasteiger partial charge in [-0.15, -0.1) is 0 Å². The normalized spacial score (nSPS) is 19.6. The van der Waals surface area contributed by atoms with Crippen LogP contribution in [0, 0.1) is 15.9 Å². The fourth-order valence-corrected chi connectivity index (χ4v) is 2.00. The monoisotopic (exact) mass is 240 g/mol. The van der Waals surface area contributed by atoms with Gasteiger partial charge in [-0.3, -0.25) is 10.1 Å². The number of hydrogen-bond acceptors (Lipinski definition) is 4. The third kappa shape index (κ3) is 2.52. The Kier molecular flexibility index (Phi) is 3.23. The maximum Gasteiger partial charge on any atom is 0.274 e. The predicted octanol–water partition coefficient (Wildman–Crippen LogP) is 1.96. The Morgan fingerprint density at radius 3 is 2.88 bits per heavy atom. The van der Waals surface area contributed by atoms with Crippen LogP contribution in [0.3, 0.4) is 0 Å².